The molecule has 0 unspecified atom stereocenters. The molecule has 1 heterocycles. The number of halogens is 2. The SMILES string of the molecule is CCc1cc(F)c(Cc2nc(C(=N)N)cnc2N=CN)cc1F. The Labute approximate surface area is 131 Å². The van der Waals surface area contributed by atoms with Crippen LogP contribution >= 0.6 is 0 Å². The minimum Gasteiger partial charge on any atom is -0.390 e. The maximum atomic E-state index is 14.1. The zero-order chi connectivity index (χ0) is 17.0. The van der Waals surface area contributed by atoms with Crippen molar-refractivity contribution in [1.82, 2.24) is 9.97 Å². The Kier molecular flexibility index (Phi) is 4.95. The van der Waals surface area contributed by atoms with E-state index in [1.54, 1.807) is 6.92 Å². The monoisotopic (exact) mass is 318 g/mol. The average Bonchev–Trinajstić information content (AvgIpc) is 2.52. The molecule has 0 saturated heterocycles. The van der Waals surface area contributed by atoms with Gasteiger partial charge in [0.05, 0.1) is 18.2 Å². The van der Waals surface area contributed by atoms with Crippen LogP contribution in [0, 0.1) is 17.0 Å². The molecule has 2 rings (SSSR count). The Morgan fingerprint density at radius 3 is 2.57 bits per heavy atom. The third-order valence-electron chi connectivity index (χ3n) is 3.25. The van der Waals surface area contributed by atoms with E-state index in [1.807, 2.05) is 0 Å². The van der Waals surface area contributed by atoms with Gasteiger partial charge in [0.1, 0.15) is 23.2 Å². The van der Waals surface area contributed by atoms with Gasteiger partial charge >= 0.3 is 0 Å². The summed E-state index contributed by atoms with van der Waals surface area (Å²) in [6.45, 7) is 1.74. The second-order valence-corrected chi connectivity index (χ2v) is 4.78. The minimum atomic E-state index is -0.541. The number of hydrogen-bond donors (Lipinski definition) is 3. The normalized spacial score (nSPS) is 11.1. The molecular formula is C15H16F2N6. The fourth-order valence-electron chi connectivity index (χ4n) is 2.06. The highest BCUT2D eigenvalue weighted by atomic mass is 19.1. The van der Waals surface area contributed by atoms with Crippen LogP contribution in [0.15, 0.2) is 23.3 Å². The van der Waals surface area contributed by atoms with Crippen LogP contribution in [0.5, 0.6) is 0 Å². The van der Waals surface area contributed by atoms with Gasteiger partial charge in [0, 0.05) is 6.42 Å². The van der Waals surface area contributed by atoms with Crippen LogP contribution in [0.3, 0.4) is 0 Å². The van der Waals surface area contributed by atoms with Gasteiger partial charge in [-0.3, -0.25) is 5.41 Å². The lowest BCUT2D eigenvalue weighted by atomic mass is 10.0. The summed E-state index contributed by atoms with van der Waals surface area (Å²) in [4.78, 5) is 12.0. The first-order valence-corrected chi connectivity index (χ1v) is 6.87. The van der Waals surface area contributed by atoms with Gasteiger partial charge < -0.3 is 11.5 Å². The predicted molar refractivity (Wildman–Crippen MR) is 83.9 cm³/mol. The number of rotatable bonds is 5. The number of hydrogen-bond acceptors (Lipinski definition) is 4. The van der Waals surface area contributed by atoms with Crippen LogP contribution in [0.2, 0.25) is 0 Å². The highest BCUT2D eigenvalue weighted by Crippen LogP contribution is 2.22. The summed E-state index contributed by atoms with van der Waals surface area (Å²) in [7, 11) is 0. The largest absolute Gasteiger partial charge is 0.390 e. The Morgan fingerprint density at radius 2 is 1.96 bits per heavy atom. The van der Waals surface area contributed by atoms with Gasteiger partial charge in [-0.25, -0.2) is 23.7 Å². The highest BCUT2D eigenvalue weighted by Gasteiger charge is 2.14. The van der Waals surface area contributed by atoms with E-state index in [4.69, 9.17) is 16.9 Å². The van der Waals surface area contributed by atoms with Gasteiger partial charge in [0.2, 0.25) is 0 Å². The number of nitrogens with zero attached hydrogens (tertiary/aromatic N) is 3. The third-order valence-corrected chi connectivity index (χ3v) is 3.25. The summed E-state index contributed by atoms with van der Waals surface area (Å²) in [5, 5.41) is 7.39. The van der Waals surface area contributed by atoms with E-state index >= 15 is 0 Å². The third kappa shape index (κ3) is 3.65. The standard InChI is InChI=1S/C15H16F2N6/c1-2-8-3-11(17)9(4-10(8)16)5-12-15(22-7-18)21-6-13(23-12)14(19)20/h3-4,6-7H,2,5H2,1H3,(H3,19,20)(H2,18,21,22). The van der Waals surface area contributed by atoms with E-state index in [-0.39, 0.29) is 35.0 Å². The van der Waals surface area contributed by atoms with Crippen LogP contribution in [0.1, 0.15) is 29.4 Å². The molecular weight excluding hydrogens is 302 g/mol. The molecule has 0 aliphatic carbocycles. The van der Waals surface area contributed by atoms with Crippen molar-refractivity contribution in [2.45, 2.75) is 19.8 Å². The Hall–Kier alpha value is -2.90. The maximum absolute atomic E-state index is 14.1. The molecule has 23 heavy (non-hydrogen) atoms. The van der Waals surface area contributed by atoms with Crippen molar-refractivity contribution in [2.24, 2.45) is 16.5 Å². The number of benzene rings is 1. The molecule has 5 N–H and O–H groups in total. The molecule has 1 aromatic heterocycles. The Balaban J connectivity index is 2.48. The van der Waals surface area contributed by atoms with E-state index in [9.17, 15) is 8.78 Å². The molecule has 0 aliphatic heterocycles. The van der Waals surface area contributed by atoms with Crippen LogP contribution in [-0.4, -0.2) is 22.1 Å². The fraction of sp³-hybridized carbons (Fsp3) is 0.200. The van der Waals surface area contributed by atoms with E-state index in [0.29, 0.717) is 12.0 Å². The summed E-state index contributed by atoms with van der Waals surface area (Å²) in [5.74, 6) is -1.14. The summed E-state index contributed by atoms with van der Waals surface area (Å²) >= 11 is 0. The van der Waals surface area contributed by atoms with Crippen molar-refractivity contribution in [3.05, 3.63) is 52.5 Å². The number of aromatic nitrogens is 2. The summed E-state index contributed by atoms with van der Waals surface area (Å²) in [6.07, 6.45) is 2.64. The molecule has 0 saturated carbocycles. The van der Waals surface area contributed by atoms with Crippen LogP contribution in [0.4, 0.5) is 14.6 Å². The van der Waals surface area contributed by atoms with E-state index in [0.717, 1.165) is 12.4 Å². The molecule has 0 amide bonds. The number of nitrogen functional groups attached to an aromatic ring is 1. The number of amidine groups is 1. The lowest BCUT2D eigenvalue weighted by Crippen LogP contribution is -2.15. The minimum absolute atomic E-state index is 0.0481. The Bertz CT molecular complexity index is 773. The van der Waals surface area contributed by atoms with Gasteiger partial charge in [0.25, 0.3) is 0 Å². The molecule has 0 atom stereocenters. The highest BCUT2D eigenvalue weighted by molar-refractivity contribution is 5.92. The molecule has 0 radical (unpaired) electrons. The first-order chi connectivity index (χ1) is 11.0. The number of nitrogens with two attached hydrogens (primary N) is 2. The van der Waals surface area contributed by atoms with E-state index < -0.39 is 11.6 Å². The molecule has 8 heteroatoms. The molecule has 6 nitrogen and oxygen atoms in total. The lowest BCUT2D eigenvalue weighted by Gasteiger charge is -2.09. The molecule has 0 spiro atoms. The summed E-state index contributed by atoms with van der Waals surface area (Å²) in [5.41, 5.74) is 11.4. The molecule has 2 aromatic rings. The lowest BCUT2D eigenvalue weighted by molar-refractivity contribution is 0.576. The maximum Gasteiger partial charge on any atom is 0.175 e. The van der Waals surface area contributed by atoms with Crippen molar-refractivity contribution in [3.8, 4) is 0 Å². The van der Waals surface area contributed by atoms with Crippen molar-refractivity contribution in [2.75, 3.05) is 0 Å². The smallest absolute Gasteiger partial charge is 0.175 e. The number of aliphatic imine (C=N–C) groups is 1. The van der Waals surface area contributed by atoms with Crippen LogP contribution in [-0.2, 0) is 12.8 Å². The van der Waals surface area contributed by atoms with Crippen molar-refractivity contribution < 1.29 is 8.78 Å². The second kappa shape index (κ2) is 6.91. The van der Waals surface area contributed by atoms with E-state index in [2.05, 4.69) is 15.0 Å². The molecule has 0 aliphatic rings. The number of nitrogens with one attached hydrogen (secondary N) is 1. The predicted octanol–water partition coefficient (Wildman–Crippen LogP) is 1.81. The number of aryl methyl sites for hydroxylation is 1. The Morgan fingerprint density at radius 1 is 1.30 bits per heavy atom. The van der Waals surface area contributed by atoms with Crippen LogP contribution in [0.25, 0.3) is 0 Å². The van der Waals surface area contributed by atoms with Gasteiger partial charge in [0.15, 0.2) is 5.82 Å². The fourth-order valence-corrected chi connectivity index (χ4v) is 2.06. The second-order valence-electron chi connectivity index (χ2n) is 4.78. The first-order valence-electron chi connectivity index (χ1n) is 6.87. The van der Waals surface area contributed by atoms with Crippen molar-refractivity contribution >= 4 is 18.0 Å². The van der Waals surface area contributed by atoms with Gasteiger partial charge in [-0.15, -0.1) is 0 Å². The van der Waals surface area contributed by atoms with Crippen molar-refractivity contribution in [1.29, 1.82) is 5.41 Å². The summed E-state index contributed by atoms with van der Waals surface area (Å²) in [6, 6.07) is 2.30. The molecule has 0 fully saturated rings. The summed E-state index contributed by atoms with van der Waals surface area (Å²) < 4.78 is 28.0. The zero-order valence-electron chi connectivity index (χ0n) is 12.5. The van der Waals surface area contributed by atoms with Gasteiger partial charge in [-0.2, -0.15) is 0 Å². The quantitative estimate of drug-likeness (QED) is 0.576. The zero-order valence-corrected chi connectivity index (χ0v) is 12.5. The van der Waals surface area contributed by atoms with Gasteiger partial charge in [-0.05, 0) is 29.7 Å². The molecule has 1 aromatic carbocycles. The van der Waals surface area contributed by atoms with E-state index in [1.165, 1.54) is 12.3 Å². The molecule has 120 valence electrons. The molecule has 0 bridgehead atoms. The topological polar surface area (TPSA) is 114 Å². The van der Waals surface area contributed by atoms with Gasteiger partial charge in [-0.1, -0.05) is 6.92 Å². The first kappa shape index (κ1) is 16.5. The average molecular weight is 318 g/mol. The van der Waals surface area contributed by atoms with Crippen LogP contribution < -0.4 is 11.5 Å². The van der Waals surface area contributed by atoms with Crippen molar-refractivity contribution in [3.63, 3.8) is 0 Å².